The Hall–Kier alpha value is -2.83. The molecule has 0 fully saturated rings. The predicted molar refractivity (Wildman–Crippen MR) is 118 cm³/mol. The van der Waals surface area contributed by atoms with Gasteiger partial charge in [0.25, 0.3) is 0 Å². The second-order valence-electron chi connectivity index (χ2n) is 6.65. The van der Waals surface area contributed by atoms with E-state index in [1.807, 2.05) is 66.2 Å². The number of ether oxygens (including phenoxy) is 1. The molecule has 0 aliphatic heterocycles. The molecule has 2 heterocycles. The molecule has 0 bridgehead atoms. The van der Waals surface area contributed by atoms with Crippen LogP contribution in [0.3, 0.4) is 0 Å². The normalized spacial score (nSPS) is 11.0. The van der Waals surface area contributed by atoms with Crippen molar-refractivity contribution in [3.63, 3.8) is 0 Å². The standard InChI is InChI=1S/C22H20ClN3O2S/c1-3-28-18-8-5-15(6-9-18)20-12-26-17(13-29-22(26)25-20)11-21(27)24-16-7-4-14(2)19(23)10-16/h4-10,12-13H,3,11H2,1-2H3,(H,24,27). The lowest BCUT2D eigenvalue weighted by molar-refractivity contribution is -0.115. The molecule has 7 heteroatoms. The van der Waals surface area contributed by atoms with E-state index in [4.69, 9.17) is 16.3 Å². The number of imidazole rings is 1. The van der Waals surface area contributed by atoms with E-state index in [1.165, 1.54) is 11.3 Å². The largest absolute Gasteiger partial charge is 0.494 e. The molecule has 1 amide bonds. The maximum absolute atomic E-state index is 12.5. The summed E-state index contributed by atoms with van der Waals surface area (Å²) in [7, 11) is 0. The van der Waals surface area contributed by atoms with Gasteiger partial charge in [0.1, 0.15) is 5.75 Å². The summed E-state index contributed by atoms with van der Waals surface area (Å²) in [4.78, 5) is 18.0. The predicted octanol–water partition coefficient (Wildman–Crippen LogP) is 5.60. The minimum atomic E-state index is -0.0964. The second kappa shape index (κ2) is 8.27. The Morgan fingerprint density at radius 2 is 2.03 bits per heavy atom. The van der Waals surface area contributed by atoms with Crippen molar-refractivity contribution in [1.29, 1.82) is 0 Å². The van der Waals surface area contributed by atoms with Gasteiger partial charge in [-0.3, -0.25) is 9.20 Å². The van der Waals surface area contributed by atoms with Crippen molar-refractivity contribution >= 4 is 39.5 Å². The van der Waals surface area contributed by atoms with Crippen molar-refractivity contribution in [2.45, 2.75) is 20.3 Å². The van der Waals surface area contributed by atoms with Crippen LogP contribution in [0, 0.1) is 6.92 Å². The van der Waals surface area contributed by atoms with Gasteiger partial charge in [-0.15, -0.1) is 11.3 Å². The van der Waals surface area contributed by atoms with Crippen molar-refractivity contribution in [3.05, 3.63) is 70.3 Å². The molecule has 0 atom stereocenters. The van der Waals surface area contributed by atoms with Crippen LogP contribution < -0.4 is 10.1 Å². The van der Waals surface area contributed by atoms with Crippen LogP contribution in [0.5, 0.6) is 5.75 Å². The summed E-state index contributed by atoms with van der Waals surface area (Å²) in [5.74, 6) is 0.742. The van der Waals surface area contributed by atoms with E-state index in [2.05, 4.69) is 10.3 Å². The Balaban J connectivity index is 1.51. The van der Waals surface area contributed by atoms with Gasteiger partial charge in [0.15, 0.2) is 4.96 Å². The topological polar surface area (TPSA) is 55.6 Å². The Morgan fingerprint density at radius 3 is 2.76 bits per heavy atom. The summed E-state index contributed by atoms with van der Waals surface area (Å²) in [6.45, 7) is 4.53. The number of fused-ring (bicyclic) bond motifs is 1. The van der Waals surface area contributed by atoms with Crippen molar-refractivity contribution in [3.8, 4) is 17.0 Å². The van der Waals surface area contributed by atoms with E-state index in [-0.39, 0.29) is 12.3 Å². The molecule has 0 spiro atoms. The third-order valence-electron chi connectivity index (χ3n) is 4.54. The Kier molecular flexibility index (Phi) is 5.56. The lowest BCUT2D eigenvalue weighted by atomic mass is 10.1. The number of nitrogens with one attached hydrogen (secondary N) is 1. The fraction of sp³-hybridized carbons (Fsp3) is 0.182. The SMILES string of the molecule is CCOc1ccc(-c2cn3c(CC(=O)Nc4ccc(C)c(Cl)c4)csc3n2)cc1. The van der Waals surface area contributed by atoms with Crippen LogP contribution in [0.25, 0.3) is 16.2 Å². The molecule has 2 aromatic heterocycles. The first-order valence-electron chi connectivity index (χ1n) is 9.28. The van der Waals surface area contributed by atoms with Crippen molar-refractivity contribution < 1.29 is 9.53 Å². The van der Waals surface area contributed by atoms with Gasteiger partial charge in [-0.05, 0) is 55.8 Å². The summed E-state index contributed by atoms with van der Waals surface area (Å²) < 4.78 is 7.46. The number of carbonyl (C=O) groups is 1. The highest BCUT2D eigenvalue weighted by molar-refractivity contribution is 7.15. The molecular formula is C22H20ClN3O2S. The molecule has 0 aliphatic rings. The molecule has 1 N–H and O–H groups in total. The van der Waals surface area contributed by atoms with E-state index < -0.39 is 0 Å². The van der Waals surface area contributed by atoms with Crippen molar-refractivity contribution in [2.75, 3.05) is 11.9 Å². The van der Waals surface area contributed by atoms with Crippen molar-refractivity contribution in [2.24, 2.45) is 0 Å². The number of thiazole rings is 1. The van der Waals surface area contributed by atoms with Crippen LogP contribution >= 0.6 is 22.9 Å². The number of aromatic nitrogens is 2. The Bertz CT molecular complexity index is 1160. The van der Waals surface area contributed by atoms with Gasteiger partial charge in [-0.1, -0.05) is 17.7 Å². The molecule has 4 rings (SSSR count). The van der Waals surface area contributed by atoms with Crippen LogP contribution in [0.1, 0.15) is 18.2 Å². The number of hydrogen-bond donors (Lipinski definition) is 1. The number of halogens is 1. The third kappa shape index (κ3) is 4.28. The minimum Gasteiger partial charge on any atom is -0.494 e. The maximum Gasteiger partial charge on any atom is 0.230 e. The van der Waals surface area contributed by atoms with Gasteiger partial charge in [0, 0.05) is 33.5 Å². The molecule has 0 radical (unpaired) electrons. The zero-order valence-electron chi connectivity index (χ0n) is 16.1. The number of benzene rings is 2. The van der Waals surface area contributed by atoms with Crippen LogP contribution in [0.15, 0.2) is 54.0 Å². The van der Waals surface area contributed by atoms with Gasteiger partial charge in [-0.2, -0.15) is 0 Å². The molecule has 2 aromatic carbocycles. The molecule has 0 unspecified atom stereocenters. The highest BCUT2D eigenvalue weighted by Crippen LogP contribution is 2.26. The molecular weight excluding hydrogens is 406 g/mol. The Labute approximate surface area is 177 Å². The zero-order valence-corrected chi connectivity index (χ0v) is 17.7. The minimum absolute atomic E-state index is 0.0964. The summed E-state index contributed by atoms with van der Waals surface area (Å²) >= 11 is 7.66. The number of amides is 1. The highest BCUT2D eigenvalue weighted by Gasteiger charge is 2.13. The fourth-order valence-electron chi connectivity index (χ4n) is 3.02. The lowest BCUT2D eigenvalue weighted by Crippen LogP contribution is -2.15. The summed E-state index contributed by atoms with van der Waals surface area (Å²) in [5.41, 5.74) is 4.44. The molecule has 4 aromatic rings. The lowest BCUT2D eigenvalue weighted by Gasteiger charge is -2.06. The van der Waals surface area contributed by atoms with Crippen LogP contribution in [-0.2, 0) is 11.2 Å². The van der Waals surface area contributed by atoms with E-state index in [9.17, 15) is 4.79 Å². The van der Waals surface area contributed by atoms with Gasteiger partial charge in [0.05, 0.1) is 18.7 Å². The van der Waals surface area contributed by atoms with Crippen molar-refractivity contribution in [1.82, 2.24) is 9.38 Å². The first kappa shape index (κ1) is 19.5. The summed E-state index contributed by atoms with van der Waals surface area (Å²) in [5, 5.41) is 5.50. The van der Waals surface area contributed by atoms with E-state index in [0.29, 0.717) is 17.3 Å². The Morgan fingerprint density at radius 1 is 1.24 bits per heavy atom. The van der Waals surface area contributed by atoms with E-state index in [0.717, 1.165) is 33.2 Å². The first-order chi connectivity index (χ1) is 14.0. The average Bonchev–Trinajstić information content (AvgIpc) is 3.28. The number of anilines is 1. The van der Waals surface area contributed by atoms with Gasteiger partial charge < -0.3 is 10.1 Å². The molecule has 0 saturated heterocycles. The monoisotopic (exact) mass is 425 g/mol. The summed E-state index contributed by atoms with van der Waals surface area (Å²) in [6.07, 6.45) is 2.22. The van der Waals surface area contributed by atoms with Crippen LogP contribution in [-0.4, -0.2) is 21.9 Å². The van der Waals surface area contributed by atoms with Gasteiger partial charge in [0.2, 0.25) is 5.91 Å². The maximum atomic E-state index is 12.5. The number of aryl methyl sites for hydroxylation is 1. The average molecular weight is 426 g/mol. The smallest absolute Gasteiger partial charge is 0.230 e. The molecule has 0 aliphatic carbocycles. The molecule has 29 heavy (non-hydrogen) atoms. The number of rotatable bonds is 6. The van der Waals surface area contributed by atoms with Crippen LogP contribution in [0.2, 0.25) is 5.02 Å². The van der Waals surface area contributed by atoms with Crippen LogP contribution in [0.4, 0.5) is 5.69 Å². The summed E-state index contributed by atoms with van der Waals surface area (Å²) in [6, 6.07) is 13.4. The number of carbonyl (C=O) groups excluding carboxylic acids is 1. The quantitative estimate of drug-likeness (QED) is 0.437. The molecule has 148 valence electrons. The molecule has 5 nitrogen and oxygen atoms in total. The first-order valence-corrected chi connectivity index (χ1v) is 10.5. The zero-order chi connectivity index (χ0) is 20.4. The van der Waals surface area contributed by atoms with E-state index >= 15 is 0 Å². The number of nitrogens with zero attached hydrogens (tertiary/aromatic N) is 2. The highest BCUT2D eigenvalue weighted by atomic mass is 35.5. The van der Waals surface area contributed by atoms with Gasteiger partial charge >= 0.3 is 0 Å². The second-order valence-corrected chi connectivity index (χ2v) is 7.90. The van der Waals surface area contributed by atoms with E-state index in [1.54, 1.807) is 6.07 Å². The van der Waals surface area contributed by atoms with Gasteiger partial charge in [-0.25, -0.2) is 4.98 Å². The fourth-order valence-corrected chi connectivity index (χ4v) is 4.08. The molecule has 0 saturated carbocycles. The number of hydrogen-bond acceptors (Lipinski definition) is 4. The third-order valence-corrected chi connectivity index (χ3v) is 5.84.